The Morgan fingerprint density at radius 2 is 1.96 bits per heavy atom. The Morgan fingerprint density at radius 3 is 2.72 bits per heavy atom. The minimum absolute atomic E-state index is 0.0152. The Morgan fingerprint density at radius 1 is 1.16 bits per heavy atom. The number of carbonyl (C=O) groups is 1. The van der Waals surface area contributed by atoms with E-state index in [1.807, 2.05) is 6.07 Å². The van der Waals surface area contributed by atoms with Gasteiger partial charge in [-0.05, 0) is 30.3 Å². The molecule has 0 saturated heterocycles. The van der Waals surface area contributed by atoms with Gasteiger partial charge in [0, 0.05) is 17.1 Å². The minimum Gasteiger partial charge on any atom is -0.426 e. The van der Waals surface area contributed by atoms with Crippen molar-refractivity contribution in [2.75, 3.05) is 0 Å². The molecule has 0 bridgehead atoms. The number of hydrogen-bond acceptors (Lipinski definition) is 4. The first-order valence-electron chi connectivity index (χ1n) is 7.24. The molecule has 0 radical (unpaired) electrons. The molecule has 0 amide bonds. The Labute approximate surface area is 161 Å². The molecule has 0 spiro atoms. The number of aryl methyl sites for hydroxylation is 1. The quantitative estimate of drug-likeness (QED) is 0.443. The third-order valence-corrected chi connectivity index (χ3v) is 4.70. The predicted octanol–water partition coefficient (Wildman–Crippen LogP) is 4.46. The molecule has 3 rings (SSSR count). The van der Waals surface area contributed by atoms with Crippen LogP contribution in [0.25, 0.3) is 10.9 Å². The summed E-state index contributed by atoms with van der Waals surface area (Å²) in [5, 5.41) is 1.16. The third kappa shape index (κ3) is 4.21. The highest BCUT2D eigenvalue weighted by atomic mass is 79.9. The number of hydrogen-bond donors (Lipinski definition) is 0. The first-order valence-corrected chi connectivity index (χ1v) is 8.79. The van der Waals surface area contributed by atoms with Gasteiger partial charge >= 0.3 is 5.97 Å². The number of benzene rings is 2. The molecular formula is C17H11BrCl2N2O3. The van der Waals surface area contributed by atoms with E-state index in [1.165, 1.54) is 17.0 Å². The summed E-state index contributed by atoms with van der Waals surface area (Å²) >= 11 is 15.0. The van der Waals surface area contributed by atoms with Crippen molar-refractivity contribution in [3.8, 4) is 5.75 Å². The van der Waals surface area contributed by atoms with Gasteiger partial charge in [-0.15, -0.1) is 0 Å². The molecule has 5 nitrogen and oxygen atoms in total. The zero-order chi connectivity index (χ0) is 18.0. The molecule has 1 heterocycles. The highest BCUT2D eigenvalue weighted by molar-refractivity contribution is 9.10. The van der Waals surface area contributed by atoms with E-state index in [4.69, 9.17) is 27.9 Å². The first kappa shape index (κ1) is 17.9. The van der Waals surface area contributed by atoms with E-state index in [9.17, 15) is 9.59 Å². The van der Waals surface area contributed by atoms with Gasteiger partial charge in [-0.1, -0.05) is 39.1 Å². The maximum atomic E-state index is 12.5. The zero-order valence-electron chi connectivity index (χ0n) is 12.7. The van der Waals surface area contributed by atoms with E-state index in [-0.39, 0.29) is 18.5 Å². The van der Waals surface area contributed by atoms with Crippen molar-refractivity contribution in [1.29, 1.82) is 0 Å². The van der Waals surface area contributed by atoms with Crippen LogP contribution in [0.15, 0.2) is 52.0 Å². The molecule has 8 heteroatoms. The van der Waals surface area contributed by atoms with Gasteiger partial charge in [0.15, 0.2) is 0 Å². The number of carbonyl (C=O) groups excluding carboxylic acids is 1. The topological polar surface area (TPSA) is 61.2 Å². The number of nitrogens with zero attached hydrogens (tertiary/aromatic N) is 2. The Hall–Kier alpha value is -1.89. The normalized spacial score (nSPS) is 10.8. The van der Waals surface area contributed by atoms with Crippen LogP contribution < -0.4 is 10.3 Å². The number of halogens is 3. The van der Waals surface area contributed by atoms with Crippen molar-refractivity contribution < 1.29 is 9.53 Å². The van der Waals surface area contributed by atoms with E-state index < -0.39 is 5.97 Å². The Bertz CT molecular complexity index is 1020. The summed E-state index contributed by atoms with van der Waals surface area (Å²) in [6.45, 7) is 0.161. The maximum absolute atomic E-state index is 12.5. The van der Waals surface area contributed by atoms with Gasteiger partial charge in [0.25, 0.3) is 5.56 Å². The lowest BCUT2D eigenvalue weighted by Crippen LogP contribution is -2.23. The van der Waals surface area contributed by atoms with E-state index >= 15 is 0 Å². The standard InChI is InChI=1S/C17H11BrCl2N2O3/c18-10-1-4-15-12(7-10)17(24)22(9-21-15)6-5-16(23)25-11-2-3-13(19)14(20)8-11/h1-4,7-9H,5-6H2. The van der Waals surface area contributed by atoms with Crippen molar-refractivity contribution in [2.24, 2.45) is 0 Å². The lowest BCUT2D eigenvalue weighted by Gasteiger charge is -2.08. The molecule has 0 fully saturated rings. The summed E-state index contributed by atoms with van der Waals surface area (Å²) in [5.74, 6) is -0.188. The van der Waals surface area contributed by atoms with Crippen molar-refractivity contribution >= 4 is 56.0 Å². The number of fused-ring (bicyclic) bond motifs is 1. The molecule has 3 aromatic rings. The van der Waals surface area contributed by atoms with E-state index in [2.05, 4.69) is 20.9 Å². The van der Waals surface area contributed by atoms with Crippen LogP contribution in [-0.2, 0) is 11.3 Å². The molecule has 25 heavy (non-hydrogen) atoms. The molecular weight excluding hydrogens is 431 g/mol. The molecule has 0 aliphatic rings. The summed E-state index contributed by atoms with van der Waals surface area (Å²) in [7, 11) is 0. The van der Waals surface area contributed by atoms with Crippen LogP contribution in [-0.4, -0.2) is 15.5 Å². The zero-order valence-corrected chi connectivity index (χ0v) is 15.8. The average Bonchev–Trinajstić information content (AvgIpc) is 2.58. The lowest BCUT2D eigenvalue weighted by atomic mass is 10.2. The van der Waals surface area contributed by atoms with Gasteiger partial charge in [-0.2, -0.15) is 0 Å². The first-order chi connectivity index (χ1) is 11.9. The van der Waals surface area contributed by atoms with E-state index in [1.54, 1.807) is 24.3 Å². The molecule has 0 saturated carbocycles. The van der Waals surface area contributed by atoms with Gasteiger partial charge in [-0.25, -0.2) is 4.98 Å². The number of esters is 1. The summed E-state index contributed by atoms with van der Waals surface area (Å²) in [5.41, 5.74) is 0.386. The lowest BCUT2D eigenvalue weighted by molar-refractivity contribution is -0.134. The summed E-state index contributed by atoms with van der Waals surface area (Å²) in [6.07, 6.45) is 1.44. The van der Waals surface area contributed by atoms with Crippen LogP contribution in [0, 0.1) is 0 Å². The smallest absolute Gasteiger partial charge is 0.312 e. The van der Waals surface area contributed by atoms with Crippen molar-refractivity contribution in [3.05, 3.63) is 67.6 Å². The van der Waals surface area contributed by atoms with Crippen molar-refractivity contribution in [2.45, 2.75) is 13.0 Å². The van der Waals surface area contributed by atoms with Crippen LogP contribution in [0.5, 0.6) is 5.75 Å². The highest BCUT2D eigenvalue weighted by Gasteiger charge is 2.10. The van der Waals surface area contributed by atoms with Crippen LogP contribution in [0.3, 0.4) is 0 Å². The monoisotopic (exact) mass is 440 g/mol. The Kier molecular flexibility index (Phi) is 5.42. The van der Waals surface area contributed by atoms with Crippen molar-refractivity contribution in [3.63, 3.8) is 0 Å². The summed E-state index contributed by atoms with van der Waals surface area (Å²) in [4.78, 5) is 28.6. The fourth-order valence-corrected chi connectivity index (χ4v) is 2.87. The minimum atomic E-state index is -0.486. The molecule has 1 aromatic heterocycles. The fraction of sp³-hybridized carbons (Fsp3) is 0.118. The second-order valence-corrected chi connectivity index (χ2v) is 6.93. The molecule has 2 aromatic carbocycles. The molecule has 128 valence electrons. The fourth-order valence-electron chi connectivity index (χ4n) is 2.23. The Balaban J connectivity index is 1.71. The van der Waals surface area contributed by atoms with Gasteiger partial charge in [0.1, 0.15) is 5.75 Å². The van der Waals surface area contributed by atoms with Crippen LogP contribution in [0.4, 0.5) is 0 Å². The molecule has 0 aliphatic carbocycles. The van der Waals surface area contributed by atoms with E-state index in [0.717, 1.165) is 4.47 Å². The van der Waals surface area contributed by atoms with Crippen LogP contribution >= 0.6 is 39.1 Å². The summed E-state index contributed by atoms with van der Waals surface area (Å²) in [6, 6.07) is 9.82. The molecule has 0 unspecified atom stereocenters. The second kappa shape index (κ2) is 7.56. The molecule has 0 N–H and O–H groups in total. The van der Waals surface area contributed by atoms with Gasteiger partial charge in [-0.3, -0.25) is 14.2 Å². The van der Waals surface area contributed by atoms with Crippen molar-refractivity contribution in [1.82, 2.24) is 9.55 Å². The second-order valence-electron chi connectivity index (χ2n) is 5.20. The third-order valence-electron chi connectivity index (χ3n) is 3.47. The van der Waals surface area contributed by atoms with Gasteiger partial charge in [0.2, 0.25) is 0 Å². The van der Waals surface area contributed by atoms with Crippen LogP contribution in [0.2, 0.25) is 10.0 Å². The predicted molar refractivity (Wildman–Crippen MR) is 100 cm³/mol. The van der Waals surface area contributed by atoms with Gasteiger partial charge in [0.05, 0.1) is 33.7 Å². The highest BCUT2D eigenvalue weighted by Crippen LogP contribution is 2.26. The number of rotatable bonds is 4. The maximum Gasteiger partial charge on any atom is 0.312 e. The van der Waals surface area contributed by atoms with Gasteiger partial charge < -0.3 is 4.74 Å². The molecule has 0 atom stereocenters. The van der Waals surface area contributed by atoms with Crippen LogP contribution in [0.1, 0.15) is 6.42 Å². The number of aromatic nitrogens is 2. The SMILES string of the molecule is O=C(CCn1cnc2ccc(Br)cc2c1=O)Oc1ccc(Cl)c(Cl)c1. The van der Waals surface area contributed by atoms with E-state index in [0.29, 0.717) is 26.7 Å². The summed E-state index contributed by atoms with van der Waals surface area (Å²) < 4.78 is 7.36. The largest absolute Gasteiger partial charge is 0.426 e. The number of ether oxygens (including phenoxy) is 1. The average molecular weight is 442 g/mol. The molecule has 0 aliphatic heterocycles.